The van der Waals surface area contributed by atoms with Gasteiger partial charge in [-0.25, -0.2) is 4.99 Å². The molecule has 0 saturated carbocycles. The minimum Gasteiger partial charge on any atom is -0.376 e. The van der Waals surface area contributed by atoms with Crippen LogP contribution in [0.1, 0.15) is 44.1 Å². The molecule has 3 aliphatic rings. The zero-order chi connectivity index (χ0) is 21.6. The van der Waals surface area contributed by atoms with E-state index in [-0.39, 0.29) is 42.5 Å². The molecular formula is C24H38IN5O2. The van der Waals surface area contributed by atoms with Gasteiger partial charge in [-0.1, -0.05) is 30.3 Å². The number of benzene rings is 1. The van der Waals surface area contributed by atoms with Crippen LogP contribution in [0, 0.1) is 0 Å². The number of likely N-dealkylation sites (N-methyl/N-ethyl adjacent to an activating group) is 1. The summed E-state index contributed by atoms with van der Waals surface area (Å²) in [5, 5.41) is 7.08. The SMILES string of the molecule is CN(C)C(=O)CN=C(NCC1CCCO1)NC1CC2CCC(C1)N2Cc1ccccc1.I. The highest BCUT2D eigenvalue weighted by Crippen LogP contribution is 2.36. The van der Waals surface area contributed by atoms with Gasteiger partial charge in [0.05, 0.1) is 6.10 Å². The molecule has 0 spiro atoms. The Hall–Kier alpha value is -1.39. The Morgan fingerprint density at radius 2 is 1.88 bits per heavy atom. The van der Waals surface area contributed by atoms with Crippen molar-refractivity contribution in [2.75, 3.05) is 33.8 Å². The highest BCUT2D eigenvalue weighted by molar-refractivity contribution is 14.0. The van der Waals surface area contributed by atoms with Gasteiger partial charge in [0.1, 0.15) is 6.54 Å². The molecule has 8 heteroatoms. The number of ether oxygens (including phenoxy) is 1. The second-order valence-corrected chi connectivity index (χ2v) is 9.32. The smallest absolute Gasteiger partial charge is 0.243 e. The first-order chi connectivity index (χ1) is 15.1. The maximum Gasteiger partial charge on any atom is 0.243 e. The van der Waals surface area contributed by atoms with Gasteiger partial charge in [-0.05, 0) is 44.1 Å². The molecule has 3 atom stereocenters. The molecular weight excluding hydrogens is 517 g/mol. The lowest BCUT2D eigenvalue weighted by molar-refractivity contribution is -0.127. The third-order valence-corrected chi connectivity index (χ3v) is 6.83. The molecule has 3 saturated heterocycles. The summed E-state index contributed by atoms with van der Waals surface area (Å²) in [6.07, 6.45) is 7.21. The monoisotopic (exact) mass is 555 g/mol. The van der Waals surface area contributed by atoms with Crippen LogP contribution in [0.2, 0.25) is 0 Å². The number of halogens is 1. The summed E-state index contributed by atoms with van der Waals surface area (Å²) in [6, 6.07) is 12.4. The first-order valence-corrected chi connectivity index (χ1v) is 11.7. The summed E-state index contributed by atoms with van der Waals surface area (Å²) < 4.78 is 5.74. The van der Waals surface area contributed by atoms with E-state index in [1.54, 1.807) is 19.0 Å². The average Bonchev–Trinajstić information content (AvgIpc) is 3.36. The maximum absolute atomic E-state index is 12.1. The lowest BCUT2D eigenvalue weighted by Crippen LogP contribution is -2.53. The van der Waals surface area contributed by atoms with E-state index >= 15 is 0 Å². The van der Waals surface area contributed by atoms with Crippen molar-refractivity contribution in [3.8, 4) is 0 Å². The van der Waals surface area contributed by atoms with E-state index < -0.39 is 0 Å². The second-order valence-electron chi connectivity index (χ2n) is 9.32. The Kier molecular flexibility index (Phi) is 9.61. The number of carbonyl (C=O) groups excluding carboxylic acids is 1. The van der Waals surface area contributed by atoms with Crippen molar-refractivity contribution in [1.82, 2.24) is 20.4 Å². The van der Waals surface area contributed by atoms with Gasteiger partial charge in [-0.3, -0.25) is 9.69 Å². The van der Waals surface area contributed by atoms with Crippen LogP contribution < -0.4 is 10.6 Å². The highest BCUT2D eigenvalue weighted by atomic mass is 127. The molecule has 7 nitrogen and oxygen atoms in total. The Morgan fingerprint density at radius 1 is 1.16 bits per heavy atom. The summed E-state index contributed by atoms with van der Waals surface area (Å²) in [6.45, 7) is 2.78. The van der Waals surface area contributed by atoms with Crippen LogP contribution in [-0.4, -0.2) is 79.7 Å². The number of rotatable bonds is 7. The molecule has 178 valence electrons. The summed E-state index contributed by atoms with van der Waals surface area (Å²) >= 11 is 0. The largest absolute Gasteiger partial charge is 0.376 e. The zero-order valence-electron chi connectivity index (χ0n) is 19.3. The molecule has 3 heterocycles. The normalized spacial score (nSPS) is 27.6. The van der Waals surface area contributed by atoms with Crippen molar-refractivity contribution in [2.45, 2.75) is 69.3 Å². The van der Waals surface area contributed by atoms with E-state index in [1.165, 1.54) is 18.4 Å². The first kappa shape index (κ1) is 25.2. The van der Waals surface area contributed by atoms with E-state index in [9.17, 15) is 4.79 Å². The molecule has 0 aromatic heterocycles. The topological polar surface area (TPSA) is 69.2 Å². The third kappa shape index (κ3) is 6.81. The first-order valence-electron chi connectivity index (χ1n) is 11.7. The van der Waals surface area contributed by atoms with Crippen LogP contribution >= 0.6 is 24.0 Å². The fraction of sp³-hybridized carbons (Fsp3) is 0.667. The average molecular weight is 556 g/mol. The molecule has 0 radical (unpaired) electrons. The predicted octanol–water partition coefficient (Wildman–Crippen LogP) is 2.60. The van der Waals surface area contributed by atoms with Gasteiger partial charge in [0, 0.05) is 51.9 Å². The zero-order valence-corrected chi connectivity index (χ0v) is 21.7. The maximum atomic E-state index is 12.1. The molecule has 2 N–H and O–H groups in total. The van der Waals surface area contributed by atoms with Crippen molar-refractivity contribution in [1.29, 1.82) is 0 Å². The number of amides is 1. The fourth-order valence-corrected chi connectivity index (χ4v) is 5.09. The molecule has 3 unspecified atom stereocenters. The van der Waals surface area contributed by atoms with Crippen molar-refractivity contribution in [3.63, 3.8) is 0 Å². The molecule has 1 aromatic rings. The number of guanidine groups is 1. The van der Waals surface area contributed by atoms with Gasteiger partial charge >= 0.3 is 0 Å². The van der Waals surface area contributed by atoms with Crippen molar-refractivity contribution in [2.24, 2.45) is 4.99 Å². The van der Waals surface area contributed by atoms with Crippen LogP contribution in [0.3, 0.4) is 0 Å². The van der Waals surface area contributed by atoms with Gasteiger partial charge in [-0.15, -0.1) is 24.0 Å². The summed E-state index contributed by atoms with van der Waals surface area (Å²) in [7, 11) is 3.54. The third-order valence-electron chi connectivity index (χ3n) is 6.83. The summed E-state index contributed by atoms with van der Waals surface area (Å²) in [5.41, 5.74) is 1.40. The number of fused-ring (bicyclic) bond motifs is 2. The number of aliphatic imine (C=N–C) groups is 1. The number of nitrogens with one attached hydrogen (secondary N) is 2. The predicted molar refractivity (Wildman–Crippen MR) is 138 cm³/mol. The Labute approximate surface area is 209 Å². The van der Waals surface area contributed by atoms with Crippen molar-refractivity contribution < 1.29 is 9.53 Å². The number of hydrogen-bond donors (Lipinski definition) is 2. The quantitative estimate of drug-likeness (QED) is 0.308. The molecule has 3 fully saturated rings. The van der Waals surface area contributed by atoms with Crippen molar-refractivity contribution >= 4 is 35.8 Å². The van der Waals surface area contributed by atoms with E-state index in [1.807, 2.05) is 0 Å². The molecule has 1 aromatic carbocycles. The minimum atomic E-state index is 0. The van der Waals surface area contributed by atoms with Crippen LogP contribution in [-0.2, 0) is 16.1 Å². The summed E-state index contributed by atoms with van der Waals surface area (Å²) in [5.74, 6) is 0.752. The number of carbonyl (C=O) groups is 1. The van der Waals surface area contributed by atoms with Gasteiger partial charge in [-0.2, -0.15) is 0 Å². The van der Waals surface area contributed by atoms with Gasteiger partial charge < -0.3 is 20.3 Å². The Morgan fingerprint density at radius 3 is 2.50 bits per heavy atom. The number of piperidine rings is 1. The molecule has 0 aliphatic carbocycles. The highest BCUT2D eigenvalue weighted by Gasteiger charge is 2.40. The Bertz CT molecular complexity index is 740. The molecule has 2 bridgehead atoms. The van der Waals surface area contributed by atoms with Gasteiger partial charge in [0.25, 0.3) is 0 Å². The Balaban J connectivity index is 0.00000289. The van der Waals surface area contributed by atoms with Gasteiger partial charge in [0.2, 0.25) is 5.91 Å². The molecule has 3 aliphatic heterocycles. The lowest BCUT2D eigenvalue weighted by Gasteiger charge is -2.39. The van der Waals surface area contributed by atoms with Crippen LogP contribution in [0.5, 0.6) is 0 Å². The van der Waals surface area contributed by atoms with Crippen LogP contribution in [0.25, 0.3) is 0 Å². The van der Waals surface area contributed by atoms with Crippen LogP contribution in [0.4, 0.5) is 0 Å². The summed E-state index contributed by atoms with van der Waals surface area (Å²) in [4.78, 5) is 20.9. The van der Waals surface area contributed by atoms with E-state index in [0.717, 1.165) is 51.3 Å². The van der Waals surface area contributed by atoms with Crippen LogP contribution in [0.15, 0.2) is 35.3 Å². The second kappa shape index (κ2) is 12.2. The fourth-order valence-electron chi connectivity index (χ4n) is 5.09. The minimum absolute atomic E-state index is 0. The lowest BCUT2D eigenvalue weighted by atomic mass is 9.96. The molecule has 1 amide bonds. The van der Waals surface area contributed by atoms with Crippen molar-refractivity contribution in [3.05, 3.63) is 35.9 Å². The number of nitrogens with zero attached hydrogens (tertiary/aromatic N) is 3. The standard InChI is InChI=1S/C24H37N5O2.HI/c1-28(2)23(30)16-26-24(25-15-22-9-6-12-31-22)27-19-13-20-10-11-21(14-19)29(20)17-18-7-4-3-5-8-18;/h3-5,7-8,19-22H,6,9-17H2,1-2H3,(H2,25,26,27);1H. The number of hydrogen-bond acceptors (Lipinski definition) is 4. The van der Waals surface area contributed by atoms with E-state index in [4.69, 9.17) is 4.74 Å². The van der Waals surface area contributed by atoms with E-state index in [0.29, 0.717) is 18.1 Å². The van der Waals surface area contributed by atoms with Gasteiger partial charge in [0.15, 0.2) is 5.96 Å². The molecule has 32 heavy (non-hydrogen) atoms. The van der Waals surface area contributed by atoms with E-state index in [2.05, 4.69) is 50.9 Å². The molecule has 4 rings (SSSR count).